The van der Waals surface area contributed by atoms with Crippen LogP contribution in [0.3, 0.4) is 0 Å². The number of phenols is 1. The number of carbonyl (C=O) groups excluding carboxylic acids is 1. The lowest BCUT2D eigenvalue weighted by Crippen LogP contribution is -2.44. The molecule has 120 valence electrons. The van der Waals surface area contributed by atoms with E-state index in [-0.39, 0.29) is 23.7 Å². The summed E-state index contributed by atoms with van der Waals surface area (Å²) in [6.45, 7) is 2.74. The van der Waals surface area contributed by atoms with E-state index in [0.29, 0.717) is 24.7 Å². The molecule has 1 fully saturated rings. The van der Waals surface area contributed by atoms with Gasteiger partial charge >= 0.3 is 0 Å². The zero-order valence-corrected chi connectivity index (χ0v) is 12.7. The molecule has 0 unspecified atom stereocenters. The van der Waals surface area contributed by atoms with E-state index >= 15 is 0 Å². The summed E-state index contributed by atoms with van der Waals surface area (Å²) in [6, 6.07) is 4.77. The van der Waals surface area contributed by atoms with E-state index < -0.39 is 0 Å². The summed E-state index contributed by atoms with van der Waals surface area (Å²) in [4.78, 5) is 14.4. The van der Waals surface area contributed by atoms with Gasteiger partial charge in [-0.3, -0.25) is 4.79 Å². The summed E-state index contributed by atoms with van der Waals surface area (Å²) in [7, 11) is 2.08. The fourth-order valence-electron chi connectivity index (χ4n) is 2.83. The standard InChI is InChI=1S/C16H22N2O4/c1-18-6-4-11(5-7-18)16(20)17-9-13-10-21-14-3-2-12(19)8-15(14)22-13/h2-3,8,11,13,19H,4-7,9-10H2,1H3,(H,17,20)/t13-/m1/s1. The van der Waals surface area contributed by atoms with Gasteiger partial charge in [0.25, 0.3) is 0 Å². The Morgan fingerprint density at radius 2 is 2.14 bits per heavy atom. The van der Waals surface area contributed by atoms with Gasteiger partial charge in [-0.2, -0.15) is 0 Å². The Morgan fingerprint density at radius 1 is 1.36 bits per heavy atom. The van der Waals surface area contributed by atoms with Crippen molar-refractivity contribution >= 4 is 5.91 Å². The summed E-state index contributed by atoms with van der Waals surface area (Å²) in [5, 5.41) is 12.4. The van der Waals surface area contributed by atoms with Crippen LogP contribution in [-0.4, -0.2) is 55.3 Å². The molecule has 6 nitrogen and oxygen atoms in total. The van der Waals surface area contributed by atoms with Crippen molar-refractivity contribution < 1.29 is 19.4 Å². The summed E-state index contributed by atoms with van der Waals surface area (Å²) >= 11 is 0. The average molecular weight is 306 g/mol. The van der Waals surface area contributed by atoms with E-state index in [1.54, 1.807) is 12.1 Å². The van der Waals surface area contributed by atoms with Crippen LogP contribution in [0, 0.1) is 5.92 Å². The second kappa shape index (κ2) is 6.44. The van der Waals surface area contributed by atoms with Gasteiger partial charge in [0.2, 0.25) is 5.91 Å². The molecule has 1 atom stereocenters. The SMILES string of the molecule is CN1CCC(C(=O)NC[C@@H]2COc3ccc(O)cc3O2)CC1. The number of phenolic OH excluding ortho intramolecular Hbond substituents is 1. The number of rotatable bonds is 3. The molecule has 0 radical (unpaired) electrons. The van der Waals surface area contributed by atoms with Crippen molar-refractivity contribution in [3.63, 3.8) is 0 Å². The van der Waals surface area contributed by atoms with Crippen LogP contribution in [0.25, 0.3) is 0 Å². The number of nitrogens with zero attached hydrogens (tertiary/aromatic N) is 1. The van der Waals surface area contributed by atoms with Crippen molar-refractivity contribution in [1.82, 2.24) is 10.2 Å². The minimum Gasteiger partial charge on any atom is -0.508 e. The van der Waals surface area contributed by atoms with Crippen molar-refractivity contribution in [1.29, 1.82) is 0 Å². The van der Waals surface area contributed by atoms with Gasteiger partial charge in [0, 0.05) is 12.0 Å². The van der Waals surface area contributed by atoms with Gasteiger partial charge < -0.3 is 24.8 Å². The first-order valence-electron chi connectivity index (χ1n) is 7.70. The predicted molar refractivity (Wildman–Crippen MR) is 81.2 cm³/mol. The Balaban J connectivity index is 1.49. The van der Waals surface area contributed by atoms with Crippen LogP contribution < -0.4 is 14.8 Å². The first-order valence-corrected chi connectivity index (χ1v) is 7.70. The van der Waals surface area contributed by atoms with Gasteiger partial charge in [-0.15, -0.1) is 0 Å². The van der Waals surface area contributed by atoms with Gasteiger partial charge in [0.15, 0.2) is 11.5 Å². The topological polar surface area (TPSA) is 71.0 Å². The predicted octanol–water partition coefficient (Wildman–Crippen LogP) is 0.990. The Kier molecular flexibility index (Phi) is 4.38. The summed E-state index contributed by atoms with van der Waals surface area (Å²) in [6.07, 6.45) is 1.58. The molecule has 2 aliphatic heterocycles. The quantitative estimate of drug-likeness (QED) is 0.871. The fraction of sp³-hybridized carbons (Fsp3) is 0.562. The number of amides is 1. The van der Waals surface area contributed by atoms with Crippen LogP contribution in [0.15, 0.2) is 18.2 Å². The smallest absolute Gasteiger partial charge is 0.223 e. The second-order valence-electron chi connectivity index (χ2n) is 6.00. The van der Waals surface area contributed by atoms with Crippen molar-refractivity contribution in [3.05, 3.63) is 18.2 Å². The van der Waals surface area contributed by atoms with E-state index in [0.717, 1.165) is 25.9 Å². The molecule has 0 aliphatic carbocycles. The third kappa shape index (κ3) is 3.44. The highest BCUT2D eigenvalue weighted by atomic mass is 16.6. The monoisotopic (exact) mass is 306 g/mol. The normalized spacial score (nSPS) is 22.3. The molecule has 3 rings (SSSR count). The zero-order chi connectivity index (χ0) is 15.5. The van der Waals surface area contributed by atoms with E-state index in [9.17, 15) is 9.90 Å². The number of fused-ring (bicyclic) bond motifs is 1. The number of likely N-dealkylation sites (tertiary alicyclic amines) is 1. The van der Waals surface area contributed by atoms with Crippen LogP contribution in [0.4, 0.5) is 0 Å². The number of nitrogens with one attached hydrogen (secondary N) is 1. The van der Waals surface area contributed by atoms with E-state index in [2.05, 4.69) is 17.3 Å². The van der Waals surface area contributed by atoms with Gasteiger partial charge in [0.1, 0.15) is 18.5 Å². The molecule has 2 N–H and O–H groups in total. The minimum atomic E-state index is -0.232. The van der Waals surface area contributed by atoms with Crippen LogP contribution in [-0.2, 0) is 4.79 Å². The van der Waals surface area contributed by atoms with Crippen LogP contribution in [0.2, 0.25) is 0 Å². The summed E-state index contributed by atoms with van der Waals surface area (Å²) in [5.74, 6) is 1.47. The Morgan fingerprint density at radius 3 is 2.91 bits per heavy atom. The molecule has 1 saturated heterocycles. The van der Waals surface area contributed by atoms with Crippen LogP contribution in [0.5, 0.6) is 17.2 Å². The van der Waals surface area contributed by atoms with Gasteiger partial charge in [-0.05, 0) is 45.1 Å². The summed E-state index contributed by atoms with van der Waals surface area (Å²) < 4.78 is 11.3. The molecule has 0 bridgehead atoms. The Labute approximate surface area is 130 Å². The lowest BCUT2D eigenvalue weighted by Gasteiger charge is -2.30. The molecule has 1 aromatic carbocycles. The zero-order valence-electron chi connectivity index (χ0n) is 12.7. The number of hydrogen-bond acceptors (Lipinski definition) is 5. The number of carbonyl (C=O) groups is 1. The van der Waals surface area contributed by atoms with Crippen molar-refractivity contribution in [2.75, 3.05) is 33.3 Å². The Bertz CT molecular complexity index is 541. The molecular formula is C16H22N2O4. The van der Waals surface area contributed by atoms with Gasteiger partial charge in [-0.25, -0.2) is 0 Å². The maximum absolute atomic E-state index is 12.2. The first-order chi connectivity index (χ1) is 10.6. The highest BCUT2D eigenvalue weighted by Crippen LogP contribution is 2.34. The molecule has 2 aliphatic rings. The highest BCUT2D eigenvalue weighted by Gasteiger charge is 2.26. The summed E-state index contributed by atoms with van der Waals surface area (Å²) in [5.41, 5.74) is 0. The van der Waals surface area contributed by atoms with Crippen molar-refractivity contribution in [3.8, 4) is 17.2 Å². The lowest BCUT2D eigenvalue weighted by molar-refractivity contribution is -0.126. The number of hydrogen-bond donors (Lipinski definition) is 2. The maximum Gasteiger partial charge on any atom is 0.223 e. The molecule has 1 amide bonds. The number of benzene rings is 1. The molecule has 22 heavy (non-hydrogen) atoms. The van der Waals surface area contributed by atoms with E-state index in [1.807, 2.05) is 0 Å². The van der Waals surface area contributed by atoms with E-state index in [1.165, 1.54) is 6.07 Å². The third-order valence-electron chi connectivity index (χ3n) is 4.24. The Hall–Kier alpha value is -1.95. The first kappa shape index (κ1) is 15.0. The second-order valence-corrected chi connectivity index (χ2v) is 6.00. The molecule has 0 aromatic heterocycles. The molecule has 0 spiro atoms. The van der Waals surface area contributed by atoms with Gasteiger partial charge in [0.05, 0.1) is 6.54 Å². The van der Waals surface area contributed by atoms with Crippen LogP contribution in [0.1, 0.15) is 12.8 Å². The minimum absolute atomic E-state index is 0.0945. The fourth-order valence-corrected chi connectivity index (χ4v) is 2.83. The molecule has 2 heterocycles. The molecule has 1 aromatic rings. The average Bonchev–Trinajstić information content (AvgIpc) is 2.53. The van der Waals surface area contributed by atoms with Gasteiger partial charge in [-0.1, -0.05) is 0 Å². The molecular weight excluding hydrogens is 284 g/mol. The maximum atomic E-state index is 12.2. The van der Waals surface area contributed by atoms with Crippen molar-refractivity contribution in [2.24, 2.45) is 5.92 Å². The number of aromatic hydroxyl groups is 1. The number of piperidine rings is 1. The third-order valence-corrected chi connectivity index (χ3v) is 4.24. The molecule has 0 saturated carbocycles. The largest absolute Gasteiger partial charge is 0.508 e. The highest BCUT2D eigenvalue weighted by molar-refractivity contribution is 5.78. The van der Waals surface area contributed by atoms with Crippen molar-refractivity contribution in [2.45, 2.75) is 18.9 Å². The molecule has 6 heteroatoms. The van der Waals surface area contributed by atoms with Crippen LogP contribution >= 0.6 is 0 Å². The number of ether oxygens (including phenoxy) is 2. The van der Waals surface area contributed by atoms with E-state index in [4.69, 9.17) is 9.47 Å². The lowest BCUT2D eigenvalue weighted by atomic mass is 9.96.